The van der Waals surface area contributed by atoms with Gasteiger partial charge in [0.1, 0.15) is 17.1 Å². The summed E-state index contributed by atoms with van der Waals surface area (Å²) in [5.74, 6) is -1.75. The lowest BCUT2D eigenvalue weighted by molar-refractivity contribution is -0.151. The van der Waals surface area contributed by atoms with E-state index in [9.17, 15) is 24.6 Å². The van der Waals surface area contributed by atoms with Crippen LogP contribution < -0.4 is 16.0 Å². The molecule has 0 radical (unpaired) electrons. The molecule has 4 aromatic rings. The van der Waals surface area contributed by atoms with Crippen LogP contribution in [0.3, 0.4) is 0 Å². The van der Waals surface area contributed by atoms with E-state index in [1.165, 1.54) is 44.2 Å². The van der Waals surface area contributed by atoms with Crippen molar-refractivity contribution in [2.75, 3.05) is 24.6 Å². The maximum absolute atomic E-state index is 12.7. The van der Waals surface area contributed by atoms with Gasteiger partial charge in [0.05, 0.1) is 0 Å². The van der Waals surface area contributed by atoms with E-state index in [0.717, 1.165) is 26.2 Å². The summed E-state index contributed by atoms with van der Waals surface area (Å²) in [5, 5.41) is 40.5. The number of nitrogens with zero attached hydrogens (tertiary/aromatic N) is 5. The number of carbonyl (C=O) groups excluding carboxylic acids is 2. The zero-order valence-corrected chi connectivity index (χ0v) is 28.4. The van der Waals surface area contributed by atoms with Crippen LogP contribution in [0.2, 0.25) is 0 Å². The molecule has 0 bridgehead atoms. The number of carboxylic acid groups (broad SMARTS) is 1. The number of benzene rings is 3. The molecule has 0 spiro atoms. The van der Waals surface area contributed by atoms with E-state index < -0.39 is 35.3 Å². The molecule has 1 aromatic heterocycles. The van der Waals surface area contributed by atoms with Gasteiger partial charge in [0, 0.05) is 44.7 Å². The quantitative estimate of drug-likeness (QED) is 0.0739. The molecule has 2 aliphatic rings. The van der Waals surface area contributed by atoms with Crippen LogP contribution in [-0.2, 0) is 34.5 Å². The predicted molar refractivity (Wildman–Crippen MR) is 187 cm³/mol. The molecule has 3 atom stereocenters. The molecule has 0 saturated carbocycles. The first-order valence-electron chi connectivity index (χ1n) is 15.6. The summed E-state index contributed by atoms with van der Waals surface area (Å²) < 4.78 is 1.48. The highest BCUT2D eigenvalue weighted by atomic mass is 32.2. The summed E-state index contributed by atoms with van der Waals surface area (Å²) in [6.45, 7) is 3.85. The lowest BCUT2D eigenvalue weighted by atomic mass is 10.0. The van der Waals surface area contributed by atoms with Crippen LogP contribution >= 0.6 is 23.5 Å². The number of carboxylic acids is 1. The monoisotopic (exact) mass is 702 g/mol. The average Bonchev–Trinajstić information content (AvgIpc) is 3.55. The van der Waals surface area contributed by atoms with Gasteiger partial charge in [-0.05, 0) is 32.7 Å². The standard InChI is InChI=1S/C18H18N6O5S2.C16H20N2/c1-23-18(20-21-22-23)31-8-10-7-30-16-11(15(27)24(16)12(10)17(28)29)19-14(26)13(25)9-5-3-2-4-6-9;1-3-7-15(8-4-1)13-17-11-12-18-14-16-9-5-2-6-10-16/h2-6,11,13,16,25H,7-8H2,1H3,(H,19,26)(H,28,29);1-10,17-18H,11-14H2/t11-,13-,16-;/m1./s1. The molecule has 3 aromatic carbocycles. The minimum atomic E-state index is -1.42. The summed E-state index contributed by atoms with van der Waals surface area (Å²) in [5.41, 5.74) is 3.57. The van der Waals surface area contributed by atoms with Gasteiger partial charge < -0.3 is 26.2 Å². The van der Waals surface area contributed by atoms with Crippen molar-refractivity contribution >= 4 is 41.3 Å². The first-order chi connectivity index (χ1) is 23.8. The maximum Gasteiger partial charge on any atom is 0.352 e. The van der Waals surface area contributed by atoms with Gasteiger partial charge in [-0.1, -0.05) is 103 Å². The molecule has 49 heavy (non-hydrogen) atoms. The third-order valence-electron chi connectivity index (χ3n) is 7.69. The Morgan fingerprint density at radius 1 is 0.939 bits per heavy atom. The summed E-state index contributed by atoms with van der Waals surface area (Å²) in [6, 6.07) is 28.4. The van der Waals surface area contributed by atoms with Crippen molar-refractivity contribution in [3.05, 3.63) is 119 Å². The molecule has 0 unspecified atom stereocenters. The van der Waals surface area contributed by atoms with Crippen LogP contribution in [0.15, 0.2) is 107 Å². The molecule has 15 heteroatoms. The molecule has 1 saturated heterocycles. The molecule has 0 aliphatic carbocycles. The number of aryl methyl sites for hydroxylation is 1. The highest BCUT2D eigenvalue weighted by Gasteiger charge is 2.54. The number of rotatable bonds is 14. The number of amides is 2. The number of aliphatic hydroxyl groups excluding tert-OH is 1. The van der Waals surface area contributed by atoms with Crippen molar-refractivity contribution in [1.29, 1.82) is 0 Å². The third kappa shape index (κ3) is 9.55. The molecule has 5 N–H and O–H groups in total. The van der Waals surface area contributed by atoms with Gasteiger partial charge in [0.2, 0.25) is 5.16 Å². The smallest absolute Gasteiger partial charge is 0.352 e. The Morgan fingerprint density at radius 3 is 2.04 bits per heavy atom. The SMILES string of the molecule is Cn1nnnc1SCC1=C(C(=O)O)N2C(=O)[C@@H](NC(=O)[C@H](O)c3ccccc3)[C@H]2SC1.c1ccc(CNCCNCc2ccccc2)cc1. The normalized spacial score (nSPS) is 17.3. The second kappa shape index (κ2) is 17.7. The average molecular weight is 703 g/mol. The first kappa shape index (κ1) is 35.8. The molecule has 2 aliphatic heterocycles. The van der Waals surface area contributed by atoms with E-state index in [2.05, 4.69) is 80.0 Å². The Balaban J connectivity index is 0.000000221. The van der Waals surface area contributed by atoms with Crippen molar-refractivity contribution in [3.63, 3.8) is 0 Å². The number of carbonyl (C=O) groups is 3. The van der Waals surface area contributed by atoms with Crippen molar-refractivity contribution in [1.82, 2.24) is 41.1 Å². The van der Waals surface area contributed by atoms with Gasteiger partial charge >= 0.3 is 5.97 Å². The van der Waals surface area contributed by atoms with Crippen molar-refractivity contribution in [2.45, 2.75) is 35.8 Å². The van der Waals surface area contributed by atoms with Crippen LogP contribution in [0.25, 0.3) is 0 Å². The molecular formula is C34H38N8O5S2. The lowest BCUT2D eigenvalue weighted by Gasteiger charge is -2.49. The minimum Gasteiger partial charge on any atom is -0.477 e. The summed E-state index contributed by atoms with van der Waals surface area (Å²) in [6.07, 6.45) is -1.42. The second-order valence-electron chi connectivity index (χ2n) is 11.2. The Labute approximate surface area is 292 Å². The number of hydrogen-bond donors (Lipinski definition) is 5. The topological polar surface area (TPSA) is 175 Å². The van der Waals surface area contributed by atoms with Gasteiger partial charge in [-0.2, -0.15) is 0 Å². The van der Waals surface area contributed by atoms with E-state index in [0.29, 0.717) is 27.8 Å². The van der Waals surface area contributed by atoms with Crippen molar-refractivity contribution in [2.24, 2.45) is 7.05 Å². The predicted octanol–water partition coefficient (Wildman–Crippen LogP) is 2.34. The molecule has 2 amide bonds. The Kier molecular flexibility index (Phi) is 12.9. The highest BCUT2D eigenvalue weighted by molar-refractivity contribution is 8.01. The molecule has 6 rings (SSSR count). The first-order valence-corrected chi connectivity index (χ1v) is 17.6. The van der Waals surface area contributed by atoms with E-state index in [-0.39, 0.29) is 5.70 Å². The van der Waals surface area contributed by atoms with Crippen molar-refractivity contribution < 1.29 is 24.6 Å². The maximum atomic E-state index is 12.7. The van der Waals surface area contributed by atoms with Gasteiger partial charge in [0.25, 0.3) is 11.8 Å². The fourth-order valence-electron chi connectivity index (χ4n) is 5.14. The van der Waals surface area contributed by atoms with Crippen molar-refractivity contribution in [3.8, 4) is 0 Å². The number of fused-ring (bicyclic) bond motifs is 1. The number of hydrogen-bond acceptors (Lipinski definition) is 11. The Bertz CT molecular complexity index is 1680. The van der Waals surface area contributed by atoms with E-state index in [1.54, 1.807) is 37.4 Å². The minimum absolute atomic E-state index is 0.0783. The summed E-state index contributed by atoms with van der Waals surface area (Å²) >= 11 is 2.64. The molecule has 3 heterocycles. The zero-order chi connectivity index (χ0) is 34.6. The molecular weight excluding hydrogens is 665 g/mol. The molecule has 256 valence electrons. The number of nitrogens with one attached hydrogen (secondary N) is 3. The molecule has 13 nitrogen and oxygen atoms in total. The number of aliphatic hydroxyl groups is 1. The fraction of sp³-hybridized carbons (Fsp3) is 0.294. The van der Waals surface area contributed by atoms with E-state index >= 15 is 0 Å². The molecule has 1 fully saturated rings. The van der Waals surface area contributed by atoms with Crippen LogP contribution in [0.4, 0.5) is 0 Å². The number of aliphatic carboxylic acids is 1. The highest BCUT2D eigenvalue weighted by Crippen LogP contribution is 2.41. The summed E-state index contributed by atoms with van der Waals surface area (Å²) in [4.78, 5) is 38.2. The van der Waals surface area contributed by atoms with Crippen LogP contribution in [0.5, 0.6) is 0 Å². The second-order valence-corrected chi connectivity index (χ2v) is 13.2. The van der Waals surface area contributed by atoms with Crippen LogP contribution in [-0.4, -0.2) is 89.1 Å². The number of β-lactam (4-membered cyclic amide) rings is 1. The van der Waals surface area contributed by atoms with Gasteiger partial charge in [-0.25, -0.2) is 9.48 Å². The third-order valence-corrected chi connectivity index (χ3v) is 10.1. The Morgan fingerprint density at radius 2 is 1.51 bits per heavy atom. The van der Waals surface area contributed by atoms with E-state index in [4.69, 9.17) is 0 Å². The van der Waals surface area contributed by atoms with Gasteiger partial charge in [0.15, 0.2) is 6.10 Å². The summed E-state index contributed by atoms with van der Waals surface area (Å²) in [7, 11) is 1.68. The Hall–Kier alpha value is -4.54. The number of aromatic nitrogens is 4. The number of tetrazole rings is 1. The fourth-order valence-corrected chi connectivity index (χ4v) is 7.48. The van der Waals surface area contributed by atoms with Crippen LogP contribution in [0, 0.1) is 0 Å². The largest absolute Gasteiger partial charge is 0.477 e. The van der Waals surface area contributed by atoms with Gasteiger partial charge in [-0.3, -0.25) is 14.5 Å². The van der Waals surface area contributed by atoms with Crippen LogP contribution in [0.1, 0.15) is 22.8 Å². The number of thioether (sulfide) groups is 2. The van der Waals surface area contributed by atoms with Gasteiger partial charge in [-0.15, -0.1) is 16.9 Å². The lowest BCUT2D eigenvalue weighted by Crippen LogP contribution is -2.70. The van der Waals surface area contributed by atoms with E-state index in [1.807, 2.05) is 12.1 Å². The zero-order valence-electron chi connectivity index (χ0n) is 26.8.